The molecule has 1 unspecified atom stereocenters. The summed E-state index contributed by atoms with van der Waals surface area (Å²) in [6, 6.07) is 19.8. The Morgan fingerprint density at radius 2 is 1.86 bits per heavy atom. The Balaban J connectivity index is 1.70. The molecule has 0 radical (unpaired) electrons. The predicted molar refractivity (Wildman–Crippen MR) is 147 cm³/mol. The molecule has 1 amide bonds. The van der Waals surface area contributed by atoms with Gasteiger partial charge in [-0.3, -0.25) is 14.5 Å². The van der Waals surface area contributed by atoms with Crippen molar-refractivity contribution in [1.29, 1.82) is 0 Å². The molecule has 6 nitrogen and oxygen atoms in total. The Morgan fingerprint density at radius 3 is 2.59 bits per heavy atom. The number of hydrogen-bond acceptors (Lipinski definition) is 6. The summed E-state index contributed by atoms with van der Waals surface area (Å²) in [6.45, 7) is 8.54. The summed E-state index contributed by atoms with van der Waals surface area (Å²) in [5.41, 5.74) is 4.09. The lowest BCUT2D eigenvalue weighted by Gasteiger charge is -2.23. The number of ether oxygens (including phenoxy) is 1. The maximum atomic E-state index is 13.5. The van der Waals surface area contributed by atoms with E-state index in [1.807, 2.05) is 50.2 Å². The van der Waals surface area contributed by atoms with Crippen LogP contribution in [0.2, 0.25) is 0 Å². The van der Waals surface area contributed by atoms with E-state index in [-0.39, 0.29) is 11.3 Å². The molecule has 1 fully saturated rings. The number of aryl methyl sites for hydroxylation is 1. The molecule has 4 aromatic rings. The molecule has 188 valence electrons. The van der Waals surface area contributed by atoms with Gasteiger partial charge in [0.2, 0.25) is 0 Å². The van der Waals surface area contributed by atoms with Crippen molar-refractivity contribution in [3.05, 3.63) is 94.6 Å². The lowest BCUT2D eigenvalue weighted by molar-refractivity contribution is -0.132. The largest absolute Gasteiger partial charge is 0.507 e. The third kappa shape index (κ3) is 4.51. The average Bonchev–Trinajstić information content (AvgIpc) is 3.41. The first-order chi connectivity index (χ1) is 17.8. The van der Waals surface area contributed by atoms with Crippen molar-refractivity contribution in [3.63, 3.8) is 0 Å². The van der Waals surface area contributed by atoms with Crippen molar-refractivity contribution in [1.82, 2.24) is 4.98 Å². The van der Waals surface area contributed by atoms with E-state index in [0.717, 1.165) is 21.3 Å². The number of anilines is 1. The zero-order valence-electron chi connectivity index (χ0n) is 21.2. The Hall–Kier alpha value is -3.97. The van der Waals surface area contributed by atoms with E-state index >= 15 is 0 Å². The van der Waals surface area contributed by atoms with Crippen LogP contribution >= 0.6 is 11.3 Å². The highest BCUT2D eigenvalue weighted by Gasteiger charge is 2.48. The molecule has 7 heteroatoms. The highest BCUT2D eigenvalue weighted by atomic mass is 32.1. The van der Waals surface area contributed by atoms with Gasteiger partial charge in [0, 0.05) is 5.56 Å². The molecule has 0 saturated carbocycles. The maximum Gasteiger partial charge on any atom is 0.301 e. The van der Waals surface area contributed by atoms with Gasteiger partial charge in [-0.2, -0.15) is 0 Å². The summed E-state index contributed by atoms with van der Waals surface area (Å²) in [4.78, 5) is 33.1. The fourth-order valence-electron chi connectivity index (χ4n) is 4.63. The smallest absolute Gasteiger partial charge is 0.301 e. The van der Waals surface area contributed by atoms with Crippen LogP contribution in [0.25, 0.3) is 16.0 Å². The van der Waals surface area contributed by atoms with Crippen LogP contribution in [0.4, 0.5) is 5.13 Å². The minimum Gasteiger partial charge on any atom is -0.507 e. The monoisotopic (exact) mass is 512 g/mol. The van der Waals surface area contributed by atoms with E-state index in [1.165, 1.54) is 21.8 Å². The highest BCUT2D eigenvalue weighted by molar-refractivity contribution is 7.22. The van der Waals surface area contributed by atoms with Crippen molar-refractivity contribution >= 4 is 44.1 Å². The normalized spacial score (nSPS) is 17.2. The second-order valence-corrected chi connectivity index (χ2v) is 10.4. The minimum absolute atomic E-state index is 0.0337. The third-order valence-corrected chi connectivity index (χ3v) is 7.51. The van der Waals surface area contributed by atoms with Crippen molar-refractivity contribution in [2.24, 2.45) is 0 Å². The Kier molecular flexibility index (Phi) is 6.56. The standard InChI is InChI=1S/C30H28N2O4S/c1-5-36-22-11-7-10-21(15-22)27(33)25-26(20-9-6-8-18(4)14-20)32(29(35)28(25)34)30-31-23-13-12-19(17(2)3)16-24(23)37-30/h6-17,26,33H,5H2,1-4H3/b27-25+. The van der Waals surface area contributed by atoms with Crippen LogP contribution < -0.4 is 9.64 Å². The van der Waals surface area contributed by atoms with Gasteiger partial charge in [-0.05, 0) is 55.2 Å². The van der Waals surface area contributed by atoms with Gasteiger partial charge in [-0.15, -0.1) is 0 Å². The molecule has 1 aromatic heterocycles. The van der Waals surface area contributed by atoms with Crippen LogP contribution in [0.5, 0.6) is 5.75 Å². The summed E-state index contributed by atoms with van der Waals surface area (Å²) in [7, 11) is 0. The zero-order valence-corrected chi connectivity index (χ0v) is 22.0. The second kappa shape index (κ2) is 9.82. The van der Waals surface area contributed by atoms with E-state index in [2.05, 4.69) is 19.9 Å². The quantitative estimate of drug-likeness (QED) is 0.176. The Morgan fingerprint density at radius 1 is 1.08 bits per heavy atom. The number of nitrogens with zero attached hydrogens (tertiary/aromatic N) is 2. The first kappa shape index (κ1) is 24.7. The third-order valence-electron chi connectivity index (χ3n) is 6.49. The number of benzene rings is 3. The first-order valence-electron chi connectivity index (χ1n) is 12.3. The lowest BCUT2D eigenvalue weighted by atomic mass is 9.94. The molecule has 2 heterocycles. The van der Waals surface area contributed by atoms with Crippen molar-refractivity contribution < 1.29 is 19.4 Å². The molecule has 0 bridgehead atoms. The number of amides is 1. The number of aliphatic hydroxyl groups excluding tert-OH is 1. The number of hydrogen-bond donors (Lipinski definition) is 1. The molecular weight excluding hydrogens is 484 g/mol. The van der Waals surface area contributed by atoms with Gasteiger partial charge in [-0.1, -0.05) is 73.2 Å². The molecule has 5 rings (SSSR count). The molecule has 1 saturated heterocycles. The Bertz CT molecular complexity index is 1550. The number of aliphatic hydroxyl groups is 1. The maximum absolute atomic E-state index is 13.5. The van der Waals surface area contributed by atoms with E-state index in [4.69, 9.17) is 9.72 Å². The van der Waals surface area contributed by atoms with Crippen LogP contribution in [-0.2, 0) is 9.59 Å². The van der Waals surface area contributed by atoms with E-state index in [9.17, 15) is 14.7 Å². The number of carbonyl (C=O) groups is 2. The molecule has 0 spiro atoms. The fourth-order valence-corrected chi connectivity index (χ4v) is 5.67. The summed E-state index contributed by atoms with van der Waals surface area (Å²) < 4.78 is 6.52. The number of rotatable bonds is 6. The summed E-state index contributed by atoms with van der Waals surface area (Å²) in [5.74, 6) is -0.772. The second-order valence-electron chi connectivity index (χ2n) is 9.42. The van der Waals surface area contributed by atoms with Gasteiger partial charge in [0.25, 0.3) is 5.78 Å². The van der Waals surface area contributed by atoms with Gasteiger partial charge in [0.05, 0.1) is 28.4 Å². The van der Waals surface area contributed by atoms with Gasteiger partial charge < -0.3 is 9.84 Å². The summed E-state index contributed by atoms with van der Waals surface area (Å²) in [6.07, 6.45) is 0. The molecule has 1 aliphatic heterocycles. The number of aromatic nitrogens is 1. The van der Waals surface area contributed by atoms with Gasteiger partial charge in [-0.25, -0.2) is 4.98 Å². The fraction of sp³-hybridized carbons (Fsp3) is 0.233. The van der Waals surface area contributed by atoms with Crippen LogP contribution in [0.1, 0.15) is 55.0 Å². The summed E-state index contributed by atoms with van der Waals surface area (Å²) >= 11 is 1.37. The Labute approximate surface area is 219 Å². The van der Waals surface area contributed by atoms with Crippen LogP contribution in [0.15, 0.2) is 72.3 Å². The molecule has 37 heavy (non-hydrogen) atoms. The summed E-state index contributed by atoms with van der Waals surface area (Å²) in [5, 5.41) is 11.8. The number of fused-ring (bicyclic) bond motifs is 1. The van der Waals surface area contributed by atoms with E-state index < -0.39 is 17.7 Å². The van der Waals surface area contributed by atoms with E-state index in [0.29, 0.717) is 29.0 Å². The van der Waals surface area contributed by atoms with Crippen LogP contribution in [0.3, 0.4) is 0 Å². The van der Waals surface area contributed by atoms with Crippen LogP contribution in [-0.4, -0.2) is 28.4 Å². The number of ketones is 1. The van der Waals surface area contributed by atoms with Crippen LogP contribution in [0, 0.1) is 6.92 Å². The van der Waals surface area contributed by atoms with Gasteiger partial charge in [0.15, 0.2) is 5.13 Å². The number of thiazole rings is 1. The lowest BCUT2D eigenvalue weighted by Crippen LogP contribution is -2.29. The molecular formula is C30H28N2O4S. The molecule has 1 atom stereocenters. The minimum atomic E-state index is -0.819. The first-order valence-corrected chi connectivity index (χ1v) is 13.1. The zero-order chi connectivity index (χ0) is 26.3. The topological polar surface area (TPSA) is 79.7 Å². The van der Waals surface area contributed by atoms with Gasteiger partial charge in [0.1, 0.15) is 11.5 Å². The molecule has 1 aliphatic rings. The number of Topliss-reactive ketones (excluding diaryl/α,β-unsaturated/α-hetero) is 1. The highest BCUT2D eigenvalue weighted by Crippen LogP contribution is 2.44. The SMILES string of the molecule is CCOc1cccc(/C(O)=C2\C(=O)C(=O)N(c3nc4ccc(C(C)C)cc4s3)C2c2cccc(C)c2)c1. The average molecular weight is 513 g/mol. The van der Waals surface area contributed by atoms with Crippen molar-refractivity contribution in [2.45, 2.75) is 39.7 Å². The van der Waals surface area contributed by atoms with Crippen molar-refractivity contribution in [2.75, 3.05) is 11.5 Å². The van der Waals surface area contributed by atoms with Gasteiger partial charge >= 0.3 is 5.91 Å². The number of carbonyl (C=O) groups excluding carboxylic acids is 2. The van der Waals surface area contributed by atoms with Crippen molar-refractivity contribution in [3.8, 4) is 5.75 Å². The molecule has 1 N–H and O–H groups in total. The predicted octanol–water partition coefficient (Wildman–Crippen LogP) is 6.75. The molecule has 3 aromatic carbocycles. The molecule has 0 aliphatic carbocycles. The van der Waals surface area contributed by atoms with E-state index in [1.54, 1.807) is 24.3 Å².